The van der Waals surface area contributed by atoms with Crippen LogP contribution in [0.15, 0.2) is 53.9 Å². The lowest BCUT2D eigenvalue weighted by atomic mass is 10.1. The normalized spacial score (nSPS) is 12.7. The van der Waals surface area contributed by atoms with E-state index in [0.29, 0.717) is 6.04 Å². The second-order valence-electron chi connectivity index (χ2n) is 4.56. The summed E-state index contributed by atoms with van der Waals surface area (Å²) in [5.41, 5.74) is 2.20. The standard InChI is InChI=1S/C16H16N2S/c1-17-15(16-7-4-10-19-16)11-13-9-8-12-5-2-3-6-14(12)18-13/h2-10,15,17H,11H2,1H3. The van der Waals surface area contributed by atoms with Crippen molar-refractivity contribution in [3.8, 4) is 0 Å². The number of nitrogens with one attached hydrogen (secondary N) is 1. The van der Waals surface area contributed by atoms with Crippen molar-refractivity contribution in [3.63, 3.8) is 0 Å². The van der Waals surface area contributed by atoms with Gasteiger partial charge in [-0.1, -0.05) is 30.3 Å². The van der Waals surface area contributed by atoms with E-state index in [1.54, 1.807) is 11.3 Å². The molecule has 0 radical (unpaired) electrons. The van der Waals surface area contributed by atoms with Crippen LogP contribution >= 0.6 is 11.3 Å². The molecule has 2 aromatic heterocycles. The predicted octanol–water partition coefficient (Wildman–Crippen LogP) is 3.80. The van der Waals surface area contributed by atoms with Crippen LogP contribution < -0.4 is 5.32 Å². The van der Waals surface area contributed by atoms with Gasteiger partial charge in [0.15, 0.2) is 0 Å². The number of hydrogen-bond acceptors (Lipinski definition) is 3. The van der Waals surface area contributed by atoms with Crippen molar-refractivity contribution >= 4 is 22.2 Å². The minimum atomic E-state index is 0.341. The molecule has 2 nitrogen and oxygen atoms in total. The fraction of sp³-hybridized carbons (Fsp3) is 0.188. The van der Waals surface area contributed by atoms with Gasteiger partial charge >= 0.3 is 0 Å². The molecule has 0 saturated carbocycles. The summed E-state index contributed by atoms with van der Waals surface area (Å²) in [5.74, 6) is 0. The van der Waals surface area contributed by atoms with Crippen molar-refractivity contribution in [3.05, 3.63) is 64.5 Å². The molecule has 1 aromatic carbocycles. The zero-order valence-electron chi connectivity index (χ0n) is 10.8. The molecule has 0 aliphatic carbocycles. The summed E-state index contributed by atoms with van der Waals surface area (Å²) in [6.45, 7) is 0. The summed E-state index contributed by atoms with van der Waals surface area (Å²) in [5, 5.41) is 6.69. The number of benzene rings is 1. The first-order chi connectivity index (χ1) is 9.36. The number of rotatable bonds is 4. The van der Waals surface area contributed by atoms with Crippen LogP contribution in [0.1, 0.15) is 16.6 Å². The minimum absolute atomic E-state index is 0.341. The van der Waals surface area contributed by atoms with Crippen LogP contribution in [0.25, 0.3) is 10.9 Å². The second kappa shape index (κ2) is 5.51. The number of hydrogen-bond donors (Lipinski definition) is 1. The maximum Gasteiger partial charge on any atom is 0.0705 e. The number of para-hydroxylation sites is 1. The molecule has 0 fully saturated rings. The SMILES string of the molecule is CNC(Cc1ccc2ccccc2n1)c1cccs1. The van der Waals surface area contributed by atoms with Crippen LogP contribution in [0.4, 0.5) is 0 Å². The third-order valence-corrected chi connectivity index (χ3v) is 4.29. The van der Waals surface area contributed by atoms with E-state index in [-0.39, 0.29) is 0 Å². The molecule has 1 N–H and O–H groups in total. The molecule has 3 heteroatoms. The van der Waals surface area contributed by atoms with E-state index in [2.05, 4.69) is 47.1 Å². The maximum atomic E-state index is 4.74. The van der Waals surface area contributed by atoms with Crippen LogP contribution in [0.3, 0.4) is 0 Å². The molecule has 0 bridgehead atoms. The van der Waals surface area contributed by atoms with Crippen LogP contribution in [0.5, 0.6) is 0 Å². The molecule has 2 heterocycles. The minimum Gasteiger partial charge on any atom is -0.312 e. The van der Waals surface area contributed by atoms with Gasteiger partial charge in [0, 0.05) is 28.4 Å². The Morgan fingerprint density at radius 1 is 1.11 bits per heavy atom. The van der Waals surface area contributed by atoms with Crippen molar-refractivity contribution in [2.75, 3.05) is 7.05 Å². The number of nitrogens with zero attached hydrogens (tertiary/aromatic N) is 1. The average Bonchev–Trinajstić information content (AvgIpc) is 2.98. The Labute approximate surface area is 117 Å². The number of fused-ring (bicyclic) bond motifs is 1. The molecule has 0 aliphatic rings. The number of aromatic nitrogens is 1. The highest BCUT2D eigenvalue weighted by atomic mass is 32.1. The van der Waals surface area contributed by atoms with Gasteiger partial charge in [-0.25, -0.2) is 0 Å². The van der Waals surface area contributed by atoms with Gasteiger partial charge < -0.3 is 5.32 Å². The van der Waals surface area contributed by atoms with Crippen LogP contribution in [0, 0.1) is 0 Å². The lowest BCUT2D eigenvalue weighted by Gasteiger charge is -2.14. The highest BCUT2D eigenvalue weighted by Crippen LogP contribution is 2.22. The molecule has 96 valence electrons. The molecule has 19 heavy (non-hydrogen) atoms. The van der Waals surface area contributed by atoms with Crippen molar-refractivity contribution in [1.82, 2.24) is 10.3 Å². The van der Waals surface area contributed by atoms with E-state index >= 15 is 0 Å². The van der Waals surface area contributed by atoms with Crippen LogP contribution in [0.2, 0.25) is 0 Å². The molecule has 1 atom stereocenters. The summed E-state index contributed by atoms with van der Waals surface area (Å²) >= 11 is 1.79. The first-order valence-electron chi connectivity index (χ1n) is 6.42. The Balaban J connectivity index is 1.88. The molecule has 0 aliphatic heterocycles. The van der Waals surface area contributed by atoms with Gasteiger partial charge in [-0.05, 0) is 30.6 Å². The van der Waals surface area contributed by atoms with E-state index in [9.17, 15) is 0 Å². The van der Waals surface area contributed by atoms with Gasteiger partial charge in [-0.3, -0.25) is 4.98 Å². The first kappa shape index (κ1) is 12.3. The van der Waals surface area contributed by atoms with E-state index in [0.717, 1.165) is 17.6 Å². The van der Waals surface area contributed by atoms with E-state index in [1.165, 1.54) is 10.3 Å². The Bertz CT molecular complexity index is 661. The zero-order chi connectivity index (χ0) is 13.1. The fourth-order valence-corrected chi connectivity index (χ4v) is 3.10. The van der Waals surface area contributed by atoms with Crippen LogP contribution in [-0.2, 0) is 6.42 Å². The highest BCUT2D eigenvalue weighted by Gasteiger charge is 2.11. The van der Waals surface area contributed by atoms with Gasteiger partial charge in [0.2, 0.25) is 0 Å². The largest absolute Gasteiger partial charge is 0.312 e. The van der Waals surface area contributed by atoms with Crippen LogP contribution in [-0.4, -0.2) is 12.0 Å². The monoisotopic (exact) mass is 268 g/mol. The topological polar surface area (TPSA) is 24.9 Å². The molecular formula is C16H16N2S. The van der Waals surface area contributed by atoms with Gasteiger partial charge in [0.1, 0.15) is 0 Å². The third-order valence-electron chi connectivity index (χ3n) is 3.30. The Morgan fingerprint density at radius 2 is 2.00 bits per heavy atom. The molecule has 3 rings (SSSR count). The second-order valence-corrected chi connectivity index (χ2v) is 5.54. The fourth-order valence-electron chi connectivity index (χ4n) is 2.27. The maximum absolute atomic E-state index is 4.74. The smallest absolute Gasteiger partial charge is 0.0705 e. The van der Waals surface area contributed by atoms with E-state index in [4.69, 9.17) is 4.98 Å². The Morgan fingerprint density at radius 3 is 2.79 bits per heavy atom. The number of likely N-dealkylation sites (N-methyl/N-ethyl adjacent to an activating group) is 1. The van der Waals surface area contributed by atoms with Crippen molar-refractivity contribution in [2.45, 2.75) is 12.5 Å². The summed E-state index contributed by atoms with van der Waals surface area (Å²) in [6, 6.07) is 17.1. The summed E-state index contributed by atoms with van der Waals surface area (Å²) in [6.07, 6.45) is 0.918. The summed E-state index contributed by atoms with van der Waals surface area (Å²) in [4.78, 5) is 6.10. The Kier molecular flexibility index (Phi) is 3.58. The molecule has 3 aromatic rings. The lowest BCUT2D eigenvalue weighted by molar-refractivity contribution is 0.595. The molecule has 0 saturated heterocycles. The number of thiophene rings is 1. The zero-order valence-corrected chi connectivity index (χ0v) is 11.7. The molecular weight excluding hydrogens is 252 g/mol. The quantitative estimate of drug-likeness (QED) is 0.778. The highest BCUT2D eigenvalue weighted by molar-refractivity contribution is 7.10. The van der Waals surface area contributed by atoms with Gasteiger partial charge in [0.05, 0.1) is 5.52 Å². The first-order valence-corrected chi connectivity index (χ1v) is 7.30. The summed E-state index contributed by atoms with van der Waals surface area (Å²) < 4.78 is 0. The lowest BCUT2D eigenvalue weighted by Crippen LogP contribution is -2.18. The number of pyridine rings is 1. The predicted molar refractivity (Wildman–Crippen MR) is 81.6 cm³/mol. The van der Waals surface area contributed by atoms with Gasteiger partial charge in [-0.15, -0.1) is 11.3 Å². The average molecular weight is 268 g/mol. The molecule has 1 unspecified atom stereocenters. The summed E-state index contributed by atoms with van der Waals surface area (Å²) in [7, 11) is 2.01. The Hall–Kier alpha value is -1.71. The van der Waals surface area contributed by atoms with Crippen molar-refractivity contribution in [1.29, 1.82) is 0 Å². The van der Waals surface area contributed by atoms with E-state index < -0.39 is 0 Å². The van der Waals surface area contributed by atoms with Crippen molar-refractivity contribution < 1.29 is 0 Å². The van der Waals surface area contributed by atoms with Gasteiger partial charge in [0.25, 0.3) is 0 Å². The molecule has 0 amide bonds. The third kappa shape index (κ3) is 2.67. The van der Waals surface area contributed by atoms with Gasteiger partial charge in [-0.2, -0.15) is 0 Å². The van der Waals surface area contributed by atoms with E-state index in [1.807, 2.05) is 19.2 Å². The molecule has 0 spiro atoms. The van der Waals surface area contributed by atoms with Crippen molar-refractivity contribution in [2.24, 2.45) is 0 Å².